The minimum Gasteiger partial charge on any atom is -0.408 e. The summed E-state index contributed by atoms with van der Waals surface area (Å²) in [6.07, 6.45) is 0. The van der Waals surface area contributed by atoms with Crippen molar-refractivity contribution in [2.45, 2.75) is 26.2 Å². The number of nitrogens with one attached hydrogen (secondary N) is 2. The van der Waals surface area contributed by atoms with Crippen LogP contribution in [0.15, 0.2) is 0 Å². The number of hydrogen-bond acceptors (Lipinski definition) is 2. The normalized spacial score (nSPS) is 20.6. The van der Waals surface area contributed by atoms with E-state index in [4.69, 9.17) is 5.73 Å². The lowest BCUT2D eigenvalue weighted by atomic mass is 10.3. The van der Waals surface area contributed by atoms with Crippen LogP contribution in [0.25, 0.3) is 0 Å². The van der Waals surface area contributed by atoms with Gasteiger partial charge in [0.1, 0.15) is 7.94 Å². The van der Waals surface area contributed by atoms with E-state index in [1.165, 1.54) is 0 Å². The molecule has 1 aliphatic heterocycles. The summed E-state index contributed by atoms with van der Waals surface area (Å²) in [5.41, 5.74) is 6.85. The average molecular weight is 213 g/mol. The zero-order valence-electron chi connectivity index (χ0n) is 8.39. The molecule has 13 heavy (non-hydrogen) atoms. The van der Waals surface area contributed by atoms with Crippen molar-refractivity contribution in [2.24, 2.45) is 0 Å². The third kappa shape index (κ3) is 1.35. The molecule has 0 spiro atoms. The van der Waals surface area contributed by atoms with Gasteiger partial charge in [-0.1, -0.05) is 26.2 Å². The maximum absolute atomic E-state index is 11.2. The van der Waals surface area contributed by atoms with Gasteiger partial charge < -0.3 is 5.23 Å². The summed E-state index contributed by atoms with van der Waals surface area (Å²) in [5, 5.41) is 2.80. The fourth-order valence-electron chi connectivity index (χ4n) is 1.76. The second-order valence-electron chi connectivity index (χ2n) is 4.68. The molecule has 0 unspecified atom stereocenters. The SMILES string of the molecule is C[Si](C)(B1NC(=O)[Si]1(C)C)C([NH])=O. The van der Waals surface area contributed by atoms with Gasteiger partial charge >= 0.3 is 0 Å². The first kappa shape index (κ1) is 10.5. The van der Waals surface area contributed by atoms with Gasteiger partial charge in [0.25, 0.3) is 6.03 Å². The van der Waals surface area contributed by atoms with Crippen LogP contribution in [0.3, 0.4) is 0 Å². The highest BCUT2D eigenvalue weighted by Crippen LogP contribution is 2.24. The van der Waals surface area contributed by atoms with Crippen molar-refractivity contribution in [1.29, 1.82) is 0 Å². The Morgan fingerprint density at radius 1 is 1.54 bits per heavy atom. The predicted molar refractivity (Wildman–Crippen MR) is 57.7 cm³/mol. The molecule has 1 saturated heterocycles. The number of amides is 2. The number of carbonyl (C=O) groups excluding carboxylic acids is 2. The second-order valence-corrected chi connectivity index (χ2v) is 14.2. The Morgan fingerprint density at radius 3 is 2.23 bits per heavy atom. The smallest absolute Gasteiger partial charge is 0.254 e. The average Bonchev–Trinajstić information content (AvgIpc) is 1.99. The summed E-state index contributed by atoms with van der Waals surface area (Å²) in [4.78, 5) is 22.3. The van der Waals surface area contributed by atoms with Crippen LogP contribution in [-0.4, -0.2) is 33.0 Å². The van der Waals surface area contributed by atoms with E-state index in [0.29, 0.717) is 0 Å². The molecule has 4 nitrogen and oxygen atoms in total. The van der Waals surface area contributed by atoms with Crippen LogP contribution in [0, 0.1) is 0 Å². The molecule has 0 bridgehead atoms. The maximum atomic E-state index is 11.2. The molecule has 0 atom stereocenters. The minimum absolute atomic E-state index is 0.0532. The maximum Gasteiger partial charge on any atom is 0.254 e. The summed E-state index contributed by atoms with van der Waals surface area (Å²) in [5.74, 6) is 0. The Morgan fingerprint density at radius 2 is 2.00 bits per heavy atom. The lowest BCUT2D eigenvalue weighted by Gasteiger charge is -2.45. The van der Waals surface area contributed by atoms with Gasteiger partial charge in [-0.05, 0) is 0 Å². The lowest BCUT2D eigenvalue weighted by Crippen LogP contribution is -2.86. The molecule has 0 saturated carbocycles. The largest absolute Gasteiger partial charge is 0.408 e. The highest BCUT2D eigenvalue weighted by Gasteiger charge is 2.62. The molecule has 1 aliphatic rings. The van der Waals surface area contributed by atoms with Crippen molar-refractivity contribution in [3.05, 3.63) is 0 Å². The molecule has 0 aromatic heterocycles. The summed E-state index contributed by atoms with van der Waals surface area (Å²) >= 11 is 0. The van der Waals surface area contributed by atoms with Crippen LogP contribution in [-0.2, 0) is 0 Å². The van der Waals surface area contributed by atoms with E-state index in [1.54, 1.807) is 0 Å². The molecular weight excluding hydrogens is 199 g/mol. The van der Waals surface area contributed by atoms with Crippen molar-refractivity contribution >= 4 is 33.0 Å². The molecule has 0 aromatic rings. The monoisotopic (exact) mass is 213 g/mol. The number of carbonyl (C=O) groups is 2. The van der Waals surface area contributed by atoms with E-state index < -0.39 is 21.4 Å². The number of rotatable bonds is 2. The van der Waals surface area contributed by atoms with Crippen molar-refractivity contribution in [1.82, 2.24) is 11.0 Å². The Balaban J connectivity index is 2.88. The highest BCUT2D eigenvalue weighted by molar-refractivity contribution is 7.75. The van der Waals surface area contributed by atoms with E-state index in [1.807, 2.05) is 26.2 Å². The fourth-order valence-corrected chi connectivity index (χ4v) is 11.7. The third-order valence-corrected chi connectivity index (χ3v) is 12.9. The van der Waals surface area contributed by atoms with E-state index in [2.05, 4.69) is 5.23 Å². The molecule has 1 heterocycles. The molecule has 71 valence electrons. The molecule has 7 heteroatoms. The molecule has 2 amide bonds. The summed E-state index contributed by atoms with van der Waals surface area (Å²) in [6.45, 7) is 7.66. The van der Waals surface area contributed by atoms with Gasteiger partial charge in [0.15, 0.2) is 13.5 Å². The van der Waals surface area contributed by atoms with Gasteiger partial charge in [0, 0.05) is 0 Å². The van der Waals surface area contributed by atoms with E-state index >= 15 is 0 Å². The molecule has 1 rings (SSSR count). The van der Waals surface area contributed by atoms with Crippen LogP contribution in [0.5, 0.6) is 0 Å². The van der Waals surface area contributed by atoms with Gasteiger partial charge in [-0.25, -0.2) is 0 Å². The number of hydrogen-bond donors (Lipinski definition) is 1. The van der Waals surface area contributed by atoms with Gasteiger partial charge in [-0.2, -0.15) is 0 Å². The molecule has 1 fully saturated rings. The van der Waals surface area contributed by atoms with Crippen LogP contribution >= 0.6 is 0 Å². The van der Waals surface area contributed by atoms with E-state index in [9.17, 15) is 9.59 Å². The Kier molecular flexibility index (Phi) is 2.19. The van der Waals surface area contributed by atoms with Gasteiger partial charge in [-0.3, -0.25) is 15.3 Å². The summed E-state index contributed by atoms with van der Waals surface area (Å²) in [7, 11) is -4.13. The Bertz CT molecular complexity index is 280. The molecular formula is C6H14BN2O2Si2. The first-order valence-electron chi connectivity index (χ1n) is 4.27. The highest BCUT2D eigenvalue weighted by atomic mass is 28.4. The van der Waals surface area contributed by atoms with Crippen LogP contribution in [0.4, 0.5) is 9.59 Å². The molecule has 0 aromatic carbocycles. The second kappa shape index (κ2) is 2.71. The van der Waals surface area contributed by atoms with Gasteiger partial charge in [0.2, 0.25) is 5.53 Å². The quantitative estimate of drug-likeness (QED) is 0.690. The molecule has 0 aliphatic carbocycles. The minimum atomic E-state index is -2.22. The fraction of sp³-hybridized carbons (Fsp3) is 0.667. The predicted octanol–water partition coefficient (Wildman–Crippen LogP) is 0.841. The lowest BCUT2D eigenvalue weighted by molar-refractivity contribution is 0.261. The Labute approximate surface area is 80.3 Å². The summed E-state index contributed by atoms with van der Waals surface area (Å²) < 4.78 is 0. The van der Waals surface area contributed by atoms with Crippen LogP contribution in [0.2, 0.25) is 26.2 Å². The van der Waals surface area contributed by atoms with Crippen LogP contribution < -0.4 is 11.0 Å². The molecule has 2 N–H and O–H groups in total. The first-order valence-corrected chi connectivity index (χ1v) is 10.4. The van der Waals surface area contributed by atoms with Gasteiger partial charge in [0.05, 0.1) is 0 Å². The van der Waals surface area contributed by atoms with Crippen molar-refractivity contribution in [3.63, 3.8) is 0 Å². The third-order valence-electron chi connectivity index (χ3n) is 2.89. The van der Waals surface area contributed by atoms with Crippen molar-refractivity contribution < 1.29 is 9.59 Å². The van der Waals surface area contributed by atoms with Gasteiger partial charge in [-0.15, -0.1) is 0 Å². The standard InChI is InChI=1S/C6H14BN2O2Si2/c1-12(2,5(8)10)7-9-6(11)13(7,3)4/h8H,1-4H3,(H,9,11). The van der Waals surface area contributed by atoms with Crippen molar-refractivity contribution in [3.8, 4) is 0 Å². The first-order chi connectivity index (χ1) is 5.70. The zero-order chi connectivity index (χ0) is 10.4. The zero-order valence-corrected chi connectivity index (χ0v) is 10.4. The van der Waals surface area contributed by atoms with E-state index in [0.717, 1.165) is 0 Å². The topological polar surface area (TPSA) is 70.0 Å². The Hall–Kier alpha value is -0.561. The molecule has 1 radical (unpaired) electrons. The summed E-state index contributed by atoms with van der Waals surface area (Å²) in [6, 6.07) is 0.0532. The van der Waals surface area contributed by atoms with E-state index in [-0.39, 0.29) is 11.6 Å². The van der Waals surface area contributed by atoms with Crippen LogP contribution in [0.1, 0.15) is 0 Å². The van der Waals surface area contributed by atoms with Crippen molar-refractivity contribution in [2.75, 3.05) is 0 Å².